The number of carbonyl (C=O) groups is 2. The average molecular weight is 392 g/mol. The number of methoxy groups -OCH3 is 1. The molecule has 2 rings (SSSR count). The van der Waals surface area contributed by atoms with E-state index >= 15 is 0 Å². The summed E-state index contributed by atoms with van der Waals surface area (Å²) in [5, 5.41) is 2.66. The Morgan fingerprint density at radius 2 is 1.79 bits per heavy atom. The standard InChI is InChI=1S/C20H22F2N2O4/c1-13(25)23-18(15-7-5-4-6-8-15)19(26)24(2)12-14-9-10-16(28-20(21)22)17(11-14)27-3/h4-11,18,20H,12H2,1-3H3,(H,23,25). The lowest BCUT2D eigenvalue weighted by molar-refractivity contribution is -0.135. The number of likely N-dealkylation sites (N-methyl/N-ethyl adjacent to an activating group) is 1. The van der Waals surface area contributed by atoms with E-state index in [0.29, 0.717) is 11.1 Å². The first-order valence-corrected chi connectivity index (χ1v) is 8.50. The van der Waals surface area contributed by atoms with Gasteiger partial charge in [0.15, 0.2) is 11.5 Å². The van der Waals surface area contributed by atoms with Crippen molar-refractivity contribution < 1.29 is 27.8 Å². The van der Waals surface area contributed by atoms with Gasteiger partial charge in [-0.1, -0.05) is 36.4 Å². The average Bonchev–Trinajstić information content (AvgIpc) is 2.66. The van der Waals surface area contributed by atoms with E-state index < -0.39 is 12.7 Å². The third-order valence-corrected chi connectivity index (χ3v) is 3.97. The Kier molecular flexibility index (Phi) is 7.31. The lowest BCUT2D eigenvalue weighted by atomic mass is 10.1. The molecule has 150 valence electrons. The van der Waals surface area contributed by atoms with Crippen molar-refractivity contribution >= 4 is 11.8 Å². The van der Waals surface area contributed by atoms with Gasteiger partial charge in [0, 0.05) is 20.5 Å². The summed E-state index contributed by atoms with van der Waals surface area (Å²) in [5.41, 5.74) is 1.32. The van der Waals surface area contributed by atoms with E-state index in [1.807, 2.05) is 6.07 Å². The first-order valence-electron chi connectivity index (χ1n) is 8.50. The highest BCUT2D eigenvalue weighted by Crippen LogP contribution is 2.30. The first kappa shape index (κ1) is 21.1. The van der Waals surface area contributed by atoms with Crippen LogP contribution in [-0.4, -0.2) is 37.5 Å². The first-order chi connectivity index (χ1) is 13.3. The van der Waals surface area contributed by atoms with Crippen LogP contribution in [0.3, 0.4) is 0 Å². The molecule has 0 saturated heterocycles. The molecule has 1 unspecified atom stereocenters. The molecule has 0 fully saturated rings. The molecule has 0 radical (unpaired) electrons. The number of hydrogen-bond acceptors (Lipinski definition) is 4. The second kappa shape index (κ2) is 9.68. The third-order valence-electron chi connectivity index (χ3n) is 3.97. The monoisotopic (exact) mass is 392 g/mol. The predicted molar refractivity (Wildman–Crippen MR) is 99.1 cm³/mol. The van der Waals surface area contributed by atoms with E-state index in [-0.39, 0.29) is 29.9 Å². The van der Waals surface area contributed by atoms with Gasteiger partial charge in [0.1, 0.15) is 6.04 Å². The van der Waals surface area contributed by atoms with Crippen molar-refractivity contribution in [3.05, 3.63) is 59.7 Å². The van der Waals surface area contributed by atoms with Gasteiger partial charge in [-0.2, -0.15) is 8.78 Å². The fraction of sp³-hybridized carbons (Fsp3) is 0.300. The lowest BCUT2D eigenvalue weighted by Crippen LogP contribution is -2.40. The quantitative estimate of drug-likeness (QED) is 0.750. The number of carbonyl (C=O) groups excluding carboxylic acids is 2. The summed E-state index contributed by atoms with van der Waals surface area (Å²) in [6, 6.07) is 12.5. The van der Waals surface area contributed by atoms with Crippen LogP contribution < -0.4 is 14.8 Å². The summed E-state index contributed by atoms with van der Waals surface area (Å²) in [7, 11) is 2.94. The number of nitrogens with one attached hydrogen (secondary N) is 1. The molecule has 0 aliphatic heterocycles. The molecule has 28 heavy (non-hydrogen) atoms. The molecule has 2 aromatic rings. The minimum absolute atomic E-state index is 0.0874. The van der Waals surface area contributed by atoms with Gasteiger partial charge in [-0.15, -0.1) is 0 Å². The Labute approximate surface area is 162 Å². The van der Waals surface area contributed by atoms with Crippen LogP contribution in [0, 0.1) is 0 Å². The molecule has 1 atom stereocenters. The summed E-state index contributed by atoms with van der Waals surface area (Å²) in [4.78, 5) is 25.9. The van der Waals surface area contributed by atoms with Gasteiger partial charge in [0.2, 0.25) is 11.8 Å². The van der Waals surface area contributed by atoms with Crippen molar-refractivity contribution in [3.8, 4) is 11.5 Å². The van der Waals surface area contributed by atoms with E-state index in [0.717, 1.165) is 0 Å². The second-order valence-electron chi connectivity index (χ2n) is 6.10. The number of ether oxygens (including phenoxy) is 2. The van der Waals surface area contributed by atoms with Gasteiger partial charge >= 0.3 is 6.61 Å². The van der Waals surface area contributed by atoms with Crippen molar-refractivity contribution in [2.45, 2.75) is 26.1 Å². The number of hydrogen-bond donors (Lipinski definition) is 1. The van der Waals surface area contributed by atoms with Crippen molar-refractivity contribution in [1.82, 2.24) is 10.2 Å². The van der Waals surface area contributed by atoms with Crippen LogP contribution in [-0.2, 0) is 16.1 Å². The Hall–Kier alpha value is -3.16. The summed E-state index contributed by atoms with van der Waals surface area (Å²) in [6.45, 7) is -1.43. The van der Waals surface area contributed by atoms with E-state index in [1.54, 1.807) is 37.4 Å². The van der Waals surface area contributed by atoms with Crippen LogP contribution in [0.5, 0.6) is 11.5 Å². The Balaban J connectivity index is 2.18. The Morgan fingerprint density at radius 1 is 1.11 bits per heavy atom. The van der Waals surface area contributed by atoms with Crippen molar-refractivity contribution in [3.63, 3.8) is 0 Å². The normalized spacial score (nSPS) is 11.6. The highest BCUT2D eigenvalue weighted by molar-refractivity contribution is 5.87. The predicted octanol–water partition coefficient (Wildman–Crippen LogP) is 3.13. The largest absolute Gasteiger partial charge is 0.493 e. The van der Waals surface area contributed by atoms with Crippen molar-refractivity contribution in [1.29, 1.82) is 0 Å². The van der Waals surface area contributed by atoms with Gasteiger partial charge in [0.05, 0.1) is 7.11 Å². The van der Waals surface area contributed by atoms with E-state index in [4.69, 9.17) is 4.74 Å². The van der Waals surface area contributed by atoms with Crippen LogP contribution in [0.25, 0.3) is 0 Å². The molecule has 2 aromatic carbocycles. The molecule has 0 heterocycles. The number of alkyl halides is 2. The highest BCUT2D eigenvalue weighted by atomic mass is 19.3. The molecule has 0 saturated carbocycles. The number of halogens is 2. The minimum atomic E-state index is -2.96. The molecule has 0 aliphatic carbocycles. The second-order valence-corrected chi connectivity index (χ2v) is 6.10. The molecular formula is C20H22F2N2O4. The van der Waals surface area contributed by atoms with Gasteiger partial charge in [0.25, 0.3) is 0 Å². The van der Waals surface area contributed by atoms with Crippen LogP contribution >= 0.6 is 0 Å². The summed E-state index contributed by atoms with van der Waals surface area (Å²) in [5.74, 6) is -0.588. The maximum atomic E-state index is 12.9. The molecule has 0 bridgehead atoms. The third kappa shape index (κ3) is 5.67. The highest BCUT2D eigenvalue weighted by Gasteiger charge is 2.25. The minimum Gasteiger partial charge on any atom is -0.493 e. The maximum Gasteiger partial charge on any atom is 0.387 e. The Morgan fingerprint density at radius 3 is 2.36 bits per heavy atom. The van der Waals surface area contributed by atoms with Crippen LogP contribution in [0.1, 0.15) is 24.1 Å². The summed E-state index contributed by atoms with van der Waals surface area (Å²) in [6.07, 6.45) is 0. The number of rotatable bonds is 8. The fourth-order valence-corrected chi connectivity index (χ4v) is 2.71. The summed E-state index contributed by atoms with van der Waals surface area (Å²) >= 11 is 0. The van der Waals surface area contributed by atoms with Gasteiger partial charge in [-0.25, -0.2) is 0 Å². The topological polar surface area (TPSA) is 67.9 Å². The molecule has 6 nitrogen and oxygen atoms in total. The Bertz CT molecular complexity index is 815. The zero-order chi connectivity index (χ0) is 20.7. The van der Waals surface area contributed by atoms with Crippen molar-refractivity contribution in [2.75, 3.05) is 14.2 Å². The molecular weight excluding hydrogens is 370 g/mol. The van der Waals surface area contributed by atoms with Gasteiger partial charge in [-0.05, 0) is 23.3 Å². The van der Waals surface area contributed by atoms with E-state index in [2.05, 4.69) is 10.1 Å². The van der Waals surface area contributed by atoms with Crippen LogP contribution in [0.2, 0.25) is 0 Å². The van der Waals surface area contributed by atoms with Crippen LogP contribution in [0.15, 0.2) is 48.5 Å². The molecule has 2 amide bonds. The van der Waals surface area contributed by atoms with Gasteiger partial charge in [-0.3, -0.25) is 9.59 Å². The summed E-state index contributed by atoms with van der Waals surface area (Å²) < 4.78 is 34.4. The lowest BCUT2D eigenvalue weighted by Gasteiger charge is -2.25. The zero-order valence-corrected chi connectivity index (χ0v) is 15.8. The number of amides is 2. The SMILES string of the molecule is COc1cc(CN(C)C(=O)C(NC(C)=O)c2ccccc2)ccc1OC(F)F. The van der Waals surface area contributed by atoms with Gasteiger partial charge < -0.3 is 19.7 Å². The smallest absolute Gasteiger partial charge is 0.387 e. The number of benzene rings is 2. The molecule has 8 heteroatoms. The van der Waals surface area contributed by atoms with E-state index in [9.17, 15) is 18.4 Å². The molecule has 0 aromatic heterocycles. The molecule has 0 aliphatic rings. The van der Waals surface area contributed by atoms with E-state index in [1.165, 1.54) is 31.1 Å². The molecule has 0 spiro atoms. The van der Waals surface area contributed by atoms with Crippen molar-refractivity contribution in [2.24, 2.45) is 0 Å². The zero-order valence-electron chi connectivity index (χ0n) is 15.8. The molecule has 1 N–H and O–H groups in total. The fourth-order valence-electron chi connectivity index (χ4n) is 2.71. The number of nitrogens with zero attached hydrogens (tertiary/aromatic N) is 1. The maximum absolute atomic E-state index is 12.9. The van der Waals surface area contributed by atoms with Crippen LogP contribution in [0.4, 0.5) is 8.78 Å².